The maximum absolute atomic E-state index is 6.37. The molecule has 0 saturated carbocycles. The number of nitrogens with zero attached hydrogens (tertiary/aromatic N) is 2. The van der Waals surface area contributed by atoms with Gasteiger partial charge in [0.2, 0.25) is 0 Å². The van der Waals surface area contributed by atoms with E-state index in [0.29, 0.717) is 26.6 Å². The zero-order chi connectivity index (χ0) is 19.6. The van der Waals surface area contributed by atoms with E-state index in [1.807, 2.05) is 38.1 Å². The second kappa shape index (κ2) is 8.57. The van der Waals surface area contributed by atoms with E-state index in [-0.39, 0.29) is 0 Å². The van der Waals surface area contributed by atoms with Gasteiger partial charge in [-0.15, -0.1) is 0 Å². The lowest BCUT2D eigenvalue weighted by Crippen LogP contribution is -2.07. The maximum Gasteiger partial charge on any atom is 0.0661 e. The van der Waals surface area contributed by atoms with Crippen LogP contribution in [0.2, 0.25) is 20.1 Å². The van der Waals surface area contributed by atoms with Crippen molar-refractivity contribution in [3.05, 3.63) is 85.1 Å². The van der Waals surface area contributed by atoms with Crippen molar-refractivity contribution < 1.29 is 0 Å². The molecular formula is C20H17Cl4N3. The third-order valence-corrected chi connectivity index (χ3v) is 5.48. The SMILES string of the molecule is Cc1cc(/C=N\NCc2c(Cl)cccc2Cl)c(C)n1-c1ccc(Cl)cc1Cl. The van der Waals surface area contributed by atoms with Crippen molar-refractivity contribution in [3.63, 3.8) is 0 Å². The summed E-state index contributed by atoms with van der Waals surface area (Å²) >= 11 is 24.7. The Kier molecular flexibility index (Phi) is 6.38. The van der Waals surface area contributed by atoms with Crippen molar-refractivity contribution in [1.29, 1.82) is 0 Å². The molecule has 0 aliphatic rings. The second-order valence-corrected chi connectivity index (χ2v) is 7.71. The Bertz CT molecular complexity index is 988. The van der Waals surface area contributed by atoms with Crippen LogP contribution in [0.15, 0.2) is 47.6 Å². The van der Waals surface area contributed by atoms with Gasteiger partial charge in [-0.3, -0.25) is 0 Å². The summed E-state index contributed by atoms with van der Waals surface area (Å²) in [6, 6.07) is 12.9. The molecule has 3 nitrogen and oxygen atoms in total. The minimum absolute atomic E-state index is 0.441. The highest BCUT2D eigenvalue weighted by Crippen LogP contribution is 2.28. The van der Waals surface area contributed by atoms with Crippen LogP contribution in [0.4, 0.5) is 0 Å². The highest BCUT2D eigenvalue weighted by atomic mass is 35.5. The fourth-order valence-electron chi connectivity index (χ4n) is 2.89. The van der Waals surface area contributed by atoms with Crippen molar-refractivity contribution in [2.24, 2.45) is 5.10 Å². The Morgan fingerprint density at radius 2 is 1.67 bits per heavy atom. The van der Waals surface area contributed by atoms with Crippen LogP contribution in [0.5, 0.6) is 0 Å². The highest BCUT2D eigenvalue weighted by molar-refractivity contribution is 6.36. The molecule has 0 fully saturated rings. The van der Waals surface area contributed by atoms with Gasteiger partial charge in [-0.2, -0.15) is 5.10 Å². The van der Waals surface area contributed by atoms with E-state index in [0.717, 1.165) is 28.2 Å². The molecule has 27 heavy (non-hydrogen) atoms. The Morgan fingerprint density at radius 1 is 0.963 bits per heavy atom. The molecule has 0 amide bonds. The summed E-state index contributed by atoms with van der Waals surface area (Å²) in [5.41, 5.74) is 7.75. The van der Waals surface area contributed by atoms with Gasteiger partial charge in [-0.05, 0) is 50.2 Å². The predicted molar refractivity (Wildman–Crippen MR) is 116 cm³/mol. The van der Waals surface area contributed by atoms with Crippen molar-refractivity contribution in [2.45, 2.75) is 20.4 Å². The van der Waals surface area contributed by atoms with Gasteiger partial charge in [-0.1, -0.05) is 52.5 Å². The van der Waals surface area contributed by atoms with Gasteiger partial charge in [0.15, 0.2) is 0 Å². The van der Waals surface area contributed by atoms with Crippen molar-refractivity contribution in [2.75, 3.05) is 0 Å². The number of hydrazone groups is 1. The van der Waals surface area contributed by atoms with Crippen LogP contribution in [0, 0.1) is 13.8 Å². The monoisotopic (exact) mass is 439 g/mol. The summed E-state index contributed by atoms with van der Waals surface area (Å²) in [5.74, 6) is 0. The number of hydrogen-bond acceptors (Lipinski definition) is 2. The molecule has 140 valence electrons. The van der Waals surface area contributed by atoms with Gasteiger partial charge in [0.05, 0.1) is 23.5 Å². The summed E-state index contributed by atoms with van der Waals surface area (Å²) in [7, 11) is 0. The highest BCUT2D eigenvalue weighted by Gasteiger charge is 2.12. The van der Waals surface area contributed by atoms with E-state index in [1.54, 1.807) is 24.4 Å². The van der Waals surface area contributed by atoms with Gasteiger partial charge in [0.1, 0.15) is 0 Å². The number of rotatable bonds is 5. The molecule has 0 aliphatic carbocycles. The molecule has 1 aromatic heterocycles. The van der Waals surface area contributed by atoms with E-state index in [4.69, 9.17) is 46.4 Å². The van der Waals surface area contributed by atoms with Gasteiger partial charge >= 0.3 is 0 Å². The van der Waals surface area contributed by atoms with Gasteiger partial charge in [0.25, 0.3) is 0 Å². The Morgan fingerprint density at radius 3 is 2.33 bits per heavy atom. The quantitative estimate of drug-likeness (QED) is 0.341. The number of hydrogen-bond donors (Lipinski definition) is 1. The predicted octanol–water partition coefficient (Wildman–Crippen LogP) is 6.83. The normalized spacial score (nSPS) is 11.3. The van der Waals surface area contributed by atoms with Gasteiger partial charge < -0.3 is 9.99 Å². The summed E-state index contributed by atoms with van der Waals surface area (Å²) in [5, 5.41) is 6.73. The molecule has 1 heterocycles. The van der Waals surface area contributed by atoms with E-state index in [1.165, 1.54) is 0 Å². The van der Waals surface area contributed by atoms with Crippen LogP contribution in [-0.4, -0.2) is 10.8 Å². The first-order valence-electron chi connectivity index (χ1n) is 8.21. The molecule has 7 heteroatoms. The summed E-state index contributed by atoms with van der Waals surface area (Å²) < 4.78 is 2.07. The zero-order valence-electron chi connectivity index (χ0n) is 14.7. The third kappa shape index (κ3) is 4.44. The molecule has 0 unspecified atom stereocenters. The largest absolute Gasteiger partial charge is 0.316 e. The van der Waals surface area contributed by atoms with E-state index in [2.05, 4.69) is 15.1 Å². The molecule has 3 aromatic rings. The summed E-state index contributed by atoms with van der Waals surface area (Å²) in [6.07, 6.45) is 1.77. The molecule has 0 radical (unpaired) electrons. The lowest BCUT2D eigenvalue weighted by Gasteiger charge is -2.11. The van der Waals surface area contributed by atoms with Crippen LogP contribution in [0.3, 0.4) is 0 Å². The van der Waals surface area contributed by atoms with E-state index in [9.17, 15) is 0 Å². The average molecular weight is 441 g/mol. The maximum atomic E-state index is 6.37. The number of aromatic nitrogens is 1. The third-order valence-electron chi connectivity index (χ3n) is 4.23. The lowest BCUT2D eigenvalue weighted by atomic mass is 10.2. The van der Waals surface area contributed by atoms with Crippen molar-refractivity contribution in [1.82, 2.24) is 9.99 Å². The standard InChI is InChI=1S/C20H17Cl4N3/c1-12-8-14(10-25-26-11-16-17(22)4-3-5-18(16)23)13(2)27(12)20-7-6-15(21)9-19(20)24/h3-10,26H,11H2,1-2H3/b25-10-. The smallest absolute Gasteiger partial charge is 0.0661 e. The molecule has 0 bridgehead atoms. The van der Waals surface area contributed by atoms with Crippen LogP contribution in [0.25, 0.3) is 5.69 Å². The number of nitrogens with one attached hydrogen (secondary N) is 1. The first-order chi connectivity index (χ1) is 12.9. The van der Waals surface area contributed by atoms with Crippen molar-refractivity contribution >= 4 is 52.6 Å². The topological polar surface area (TPSA) is 29.3 Å². The number of aryl methyl sites for hydroxylation is 1. The fourth-order valence-corrected chi connectivity index (χ4v) is 3.92. The molecule has 0 aliphatic heterocycles. The van der Waals surface area contributed by atoms with E-state index < -0.39 is 0 Å². The van der Waals surface area contributed by atoms with Gasteiger partial charge in [0, 0.05) is 37.6 Å². The van der Waals surface area contributed by atoms with Crippen LogP contribution in [-0.2, 0) is 6.54 Å². The molecule has 1 N–H and O–H groups in total. The van der Waals surface area contributed by atoms with Crippen LogP contribution in [0.1, 0.15) is 22.5 Å². The summed E-state index contributed by atoms with van der Waals surface area (Å²) in [4.78, 5) is 0. The minimum Gasteiger partial charge on any atom is -0.316 e. The van der Waals surface area contributed by atoms with Gasteiger partial charge in [-0.25, -0.2) is 0 Å². The first kappa shape index (κ1) is 20.1. The van der Waals surface area contributed by atoms with E-state index >= 15 is 0 Å². The lowest BCUT2D eigenvalue weighted by molar-refractivity contribution is 0.748. The first-order valence-corrected chi connectivity index (χ1v) is 9.73. The summed E-state index contributed by atoms with van der Waals surface area (Å²) in [6.45, 7) is 4.48. The fraction of sp³-hybridized carbons (Fsp3) is 0.150. The second-order valence-electron chi connectivity index (χ2n) is 6.05. The average Bonchev–Trinajstić information content (AvgIpc) is 2.88. The molecule has 0 saturated heterocycles. The molecular weight excluding hydrogens is 424 g/mol. The number of halogens is 4. The molecule has 0 spiro atoms. The van der Waals surface area contributed by atoms with Crippen LogP contribution >= 0.6 is 46.4 Å². The Labute approximate surface area is 178 Å². The Hall–Kier alpha value is -1.65. The zero-order valence-corrected chi connectivity index (χ0v) is 17.8. The molecule has 0 atom stereocenters. The minimum atomic E-state index is 0.441. The van der Waals surface area contributed by atoms with Crippen LogP contribution < -0.4 is 5.43 Å². The Balaban J connectivity index is 1.79. The molecule has 2 aromatic carbocycles. The molecule has 3 rings (SSSR count). The number of benzene rings is 2. The van der Waals surface area contributed by atoms with Crippen molar-refractivity contribution in [3.8, 4) is 5.69 Å².